The second-order valence-electron chi connectivity index (χ2n) is 4.91. The lowest BCUT2D eigenvalue weighted by atomic mass is 9.96. The van der Waals surface area contributed by atoms with E-state index in [0.717, 1.165) is 5.56 Å². The van der Waals surface area contributed by atoms with Crippen LogP contribution in [0.2, 0.25) is 0 Å². The zero-order valence-electron chi connectivity index (χ0n) is 12.4. The van der Waals surface area contributed by atoms with E-state index in [1.807, 2.05) is 12.1 Å². The molecule has 116 valence electrons. The van der Waals surface area contributed by atoms with Crippen LogP contribution >= 0.6 is 0 Å². The van der Waals surface area contributed by atoms with Crippen LogP contribution in [0.25, 0.3) is 0 Å². The molecule has 0 aliphatic carbocycles. The van der Waals surface area contributed by atoms with Crippen molar-refractivity contribution < 1.29 is 28.8 Å². The first-order valence-corrected chi connectivity index (χ1v) is 6.73. The third kappa shape index (κ3) is 3.21. The van der Waals surface area contributed by atoms with Crippen molar-refractivity contribution in [1.29, 1.82) is 0 Å². The minimum Gasteiger partial charge on any atom is -0.493 e. The molecule has 1 aliphatic rings. The first kappa shape index (κ1) is 15.4. The number of carbonyl (C=O) groups is 1. The minimum atomic E-state index is -0.399. The second-order valence-corrected chi connectivity index (χ2v) is 4.91. The molecular formula is C15H20O6. The lowest BCUT2D eigenvalue weighted by Gasteiger charge is -2.15. The molecular weight excluding hydrogens is 276 g/mol. The van der Waals surface area contributed by atoms with Gasteiger partial charge >= 0.3 is 5.97 Å². The Morgan fingerprint density at radius 2 is 1.81 bits per heavy atom. The number of aliphatic hydroxyl groups is 1. The van der Waals surface area contributed by atoms with E-state index in [4.69, 9.17) is 24.1 Å². The van der Waals surface area contributed by atoms with Crippen molar-refractivity contribution in [3.8, 4) is 17.2 Å². The Balaban J connectivity index is 2.22. The van der Waals surface area contributed by atoms with Gasteiger partial charge in [-0.25, -0.2) is 0 Å². The number of ether oxygens (including phenoxy) is 4. The van der Waals surface area contributed by atoms with E-state index in [9.17, 15) is 4.79 Å². The highest BCUT2D eigenvalue weighted by Gasteiger charge is 2.34. The van der Waals surface area contributed by atoms with E-state index in [1.165, 1.54) is 0 Å². The maximum absolute atomic E-state index is 11.8. The molecule has 0 aromatic heterocycles. The average molecular weight is 296 g/mol. The van der Waals surface area contributed by atoms with Crippen molar-refractivity contribution in [2.24, 2.45) is 5.92 Å². The van der Waals surface area contributed by atoms with Crippen LogP contribution in [-0.2, 0) is 16.0 Å². The Morgan fingerprint density at radius 1 is 1.19 bits per heavy atom. The van der Waals surface area contributed by atoms with Crippen LogP contribution < -0.4 is 14.2 Å². The maximum Gasteiger partial charge on any atom is 0.309 e. The number of aliphatic hydroxyl groups excluding tert-OH is 1. The second kappa shape index (κ2) is 6.67. The predicted octanol–water partition coefficient (Wildman–Crippen LogP) is 1.18. The third-order valence-electron chi connectivity index (χ3n) is 3.57. The van der Waals surface area contributed by atoms with Gasteiger partial charge in [0.15, 0.2) is 11.5 Å². The Labute approximate surface area is 123 Å². The summed E-state index contributed by atoms with van der Waals surface area (Å²) in [5.41, 5.74) is 0.894. The van der Waals surface area contributed by atoms with Gasteiger partial charge in [0.2, 0.25) is 5.75 Å². The molecule has 0 amide bonds. The molecule has 1 heterocycles. The predicted molar refractivity (Wildman–Crippen MR) is 74.9 cm³/mol. The minimum absolute atomic E-state index is 0.141. The number of rotatable bonds is 6. The van der Waals surface area contributed by atoms with Gasteiger partial charge in [-0.05, 0) is 24.1 Å². The van der Waals surface area contributed by atoms with Crippen LogP contribution in [0.15, 0.2) is 12.1 Å². The SMILES string of the molecule is COc1cc(C[C@H]2C[C@@H](CO)OC2=O)cc(OC)c1OC. The number of benzene rings is 1. The van der Waals surface area contributed by atoms with Gasteiger partial charge in [-0.1, -0.05) is 0 Å². The standard InChI is InChI=1S/C15H20O6/c1-18-12-5-9(6-13(19-2)14(12)20-3)4-10-7-11(8-16)21-15(10)17/h5-6,10-11,16H,4,7-8H2,1-3H3/t10-,11-/m0/s1. The molecule has 0 unspecified atom stereocenters. The van der Waals surface area contributed by atoms with Gasteiger partial charge in [-0.15, -0.1) is 0 Å². The summed E-state index contributed by atoms with van der Waals surface area (Å²) in [6, 6.07) is 3.64. The van der Waals surface area contributed by atoms with Gasteiger partial charge < -0.3 is 24.1 Å². The molecule has 1 N–H and O–H groups in total. The summed E-state index contributed by atoms with van der Waals surface area (Å²) in [7, 11) is 4.64. The van der Waals surface area contributed by atoms with Crippen molar-refractivity contribution in [3.05, 3.63) is 17.7 Å². The van der Waals surface area contributed by atoms with E-state index in [1.54, 1.807) is 21.3 Å². The Morgan fingerprint density at radius 3 is 2.24 bits per heavy atom. The molecule has 0 saturated carbocycles. The first-order valence-electron chi connectivity index (χ1n) is 6.73. The molecule has 0 bridgehead atoms. The highest BCUT2D eigenvalue weighted by Crippen LogP contribution is 2.39. The average Bonchev–Trinajstić information content (AvgIpc) is 2.86. The molecule has 1 aromatic rings. The normalized spacial score (nSPS) is 21.0. The number of hydrogen-bond donors (Lipinski definition) is 1. The van der Waals surface area contributed by atoms with Crippen molar-refractivity contribution >= 4 is 5.97 Å². The van der Waals surface area contributed by atoms with E-state index >= 15 is 0 Å². The lowest BCUT2D eigenvalue weighted by Crippen LogP contribution is -2.11. The van der Waals surface area contributed by atoms with Gasteiger partial charge in [0.1, 0.15) is 6.10 Å². The molecule has 2 atom stereocenters. The third-order valence-corrected chi connectivity index (χ3v) is 3.57. The highest BCUT2D eigenvalue weighted by atomic mass is 16.6. The fourth-order valence-electron chi connectivity index (χ4n) is 2.54. The maximum atomic E-state index is 11.8. The fraction of sp³-hybridized carbons (Fsp3) is 0.533. The van der Waals surface area contributed by atoms with Gasteiger partial charge in [0.05, 0.1) is 33.9 Å². The summed E-state index contributed by atoms with van der Waals surface area (Å²) in [5, 5.41) is 9.07. The molecule has 0 radical (unpaired) electrons. The molecule has 1 aliphatic heterocycles. The number of methoxy groups -OCH3 is 3. The number of cyclic esters (lactones) is 1. The molecule has 21 heavy (non-hydrogen) atoms. The quantitative estimate of drug-likeness (QED) is 0.795. The van der Waals surface area contributed by atoms with Crippen LogP contribution in [0.3, 0.4) is 0 Å². The largest absolute Gasteiger partial charge is 0.493 e. The van der Waals surface area contributed by atoms with Crippen molar-refractivity contribution in [3.63, 3.8) is 0 Å². The molecule has 0 spiro atoms. The molecule has 2 rings (SSSR count). The summed E-state index contributed by atoms with van der Waals surface area (Å²) in [6.07, 6.45) is 0.627. The van der Waals surface area contributed by atoms with Gasteiger partial charge in [-0.2, -0.15) is 0 Å². The molecule has 6 nitrogen and oxygen atoms in total. The van der Waals surface area contributed by atoms with E-state index in [-0.39, 0.29) is 18.5 Å². The summed E-state index contributed by atoms with van der Waals surface area (Å²) < 4.78 is 20.9. The fourth-order valence-corrected chi connectivity index (χ4v) is 2.54. The summed E-state index contributed by atoms with van der Waals surface area (Å²) in [4.78, 5) is 11.8. The Bertz CT molecular complexity index is 488. The van der Waals surface area contributed by atoms with Gasteiger partial charge in [0.25, 0.3) is 0 Å². The number of carbonyl (C=O) groups excluding carboxylic acids is 1. The van der Waals surface area contributed by atoms with E-state index < -0.39 is 6.10 Å². The highest BCUT2D eigenvalue weighted by molar-refractivity contribution is 5.75. The van der Waals surface area contributed by atoms with Crippen LogP contribution in [0.1, 0.15) is 12.0 Å². The zero-order valence-corrected chi connectivity index (χ0v) is 12.4. The Kier molecular flexibility index (Phi) is 4.90. The van der Waals surface area contributed by atoms with E-state index in [0.29, 0.717) is 30.1 Å². The van der Waals surface area contributed by atoms with Crippen LogP contribution in [0.4, 0.5) is 0 Å². The van der Waals surface area contributed by atoms with Crippen molar-refractivity contribution in [1.82, 2.24) is 0 Å². The molecule has 1 saturated heterocycles. The topological polar surface area (TPSA) is 74.2 Å². The van der Waals surface area contributed by atoms with Crippen LogP contribution in [-0.4, -0.2) is 45.1 Å². The smallest absolute Gasteiger partial charge is 0.309 e. The Hall–Kier alpha value is -1.95. The zero-order chi connectivity index (χ0) is 15.4. The summed E-state index contributed by atoms with van der Waals surface area (Å²) >= 11 is 0. The lowest BCUT2D eigenvalue weighted by molar-refractivity contribution is -0.145. The van der Waals surface area contributed by atoms with Gasteiger partial charge in [0, 0.05) is 6.42 Å². The number of esters is 1. The van der Waals surface area contributed by atoms with Gasteiger partial charge in [-0.3, -0.25) is 4.79 Å². The van der Waals surface area contributed by atoms with Crippen LogP contribution in [0.5, 0.6) is 17.2 Å². The van der Waals surface area contributed by atoms with Crippen molar-refractivity contribution in [2.45, 2.75) is 18.9 Å². The van der Waals surface area contributed by atoms with Crippen molar-refractivity contribution in [2.75, 3.05) is 27.9 Å². The van der Waals surface area contributed by atoms with E-state index in [2.05, 4.69) is 0 Å². The monoisotopic (exact) mass is 296 g/mol. The molecule has 6 heteroatoms. The summed E-state index contributed by atoms with van der Waals surface area (Å²) in [6.45, 7) is -0.141. The first-order chi connectivity index (χ1) is 10.1. The molecule has 1 fully saturated rings. The number of hydrogen-bond acceptors (Lipinski definition) is 6. The van der Waals surface area contributed by atoms with Crippen LogP contribution in [0, 0.1) is 5.92 Å². The summed E-state index contributed by atoms with van der Waals surface area (Å²) in [5.74, 6) is 1.09. The molecule has 1 aromatic carbocycles.